The lowest BCUT2D eigenvalue weighted by Crippen LogP contribution is -2.33. The van der Waals surface area contributed by atoms with E-state index in [9.17, 15) is 9.59 Å². The first kappa shape index (κ1) is 29.3. The number of likely N-dealkylation sites (tertiary alicyclic amines) is 1. The molecule has 0 spiro atoms. The van der Waals surface area contributed by atoms with Gasteiger partial charge in [-0.05, 0) is 93.2 Å². The number of ether oxygens (including phenoxy) is 2. The van der Waals surface area contributed by atoms with E-state index in [1.807, 2.05) is 42.5 Å². The summed E-state index contributed by atoms with van der Waals surface area (Å²) in [6.45, 7) is 11.3. The van der Waals surface area contributed by atoms with Crippen molar-refractivity contribution in [2.24, 2.45) is 0 Å². The Hall–Kier alpha value is -3.75. The molecule has 0 bridgehead atoms. The maximum Gasteiger partial charge on any atom is 0.289 e. The number of hydrogen-bond donors (Lipinski definition) is 0. The zero-order chi connectivity index (χ0) is 30.2. The molecule has 2 saturated heterocycles. The van der Waals surface area contributed by atoms with Gasteiger partial charge in [-0.2, -0.15) is 0 Å². The molecule has 0 saturated carbocycles. The Balaban J connectivity index is 1.17. The second-order valence-electron chi connectivity index (χ2n) is 11.6. The first-order valence-corrected chi connectivity index (χ1v) is 15.7. The van der Waals surface area contributed by atoms with Crippen molar-refractivity contribution in [3.63, 3.8) is 0 Å². The van der Waals surface area contributed by atoms with Crippen LogP contribution < -0.4 is 9.47 Å². The van der Waals surface area contributed by atoms with Crippen LogP contribution >= 0.6 is 11.8 Å². The number of furan rings is 1. The molecule has 2 fully saturated rings. The third kappa shape index (κ3) is 5.66. The second-order valence-corrected chi connectivity index (χ2v) is 12.7. The number of nitrogens with zero attached hydrogens (tertiary/aromatic N) is 2. The first-order valence-electron chi connectivity index (χ1n) is 14.9. The molecule has 6 rings (SSSR count). The number of benzene rings is 3. The third-order valence-electron chi connectivity index (χ3n) is 8.93. The number of aryl methyl sites for hydroxylation is 3. The topological polar surface area (TPSA) is 72.2 Å². The van der Waals surface area contributed by atoms with Crippen molar-refractivity contribution in [2.75, 3.05) is 20.2 Å². The molecule has 8 heteroatoms. The van der Waals surface area contributed by atoms with E-state index in [-0.39, 0.29) is 17.2 Å². The normalized spacial score (nSPS) is 19.1. The van der Waals surface area contributed by atoms with Crippen LogP contribution in [0.25, 0.3) is 11.0 Å². The molecule has 1 unspecified atom stereocenters. The second kappa shape index (κ2) is 12.1. The van der Waals surface area contributed by atoms with Gasteiger partial charge in [-0.15, -0.1) is 0 Å². The number of hydrogen-bond acceptors (Lipinski definition) is 7. The van der Waals surface area contributed by atoms with Crippen LogP contribution in [0.1, 0.15) is 57.2 Å². The van der Waals surface area contributed by atoms with Crippen molar-refractivity contribution in [2.45, 2.75) is 65.0 Å². The summed E-state index contributed by atoms with van der Waals surface area (Å²) >= 11 is 1.06. The van der Waals surface area contributed by atoms with Gasteiger partial charge in [0.1, 0.15) is 41.3 Å². The van der Waals surface area contributed by atoms with Gasteiger partial charge >= 0.3 is 0 Å². The molecule has 0 N–H and O–H groups in total. The summed E-state index contributed by atoms with van der Waals surface area (Å²) in [6, 6.07) is 18.1. The average molecular weight is 599 g/mol. The summed E-state index contributed by atoms with van der Waals surface area (Å²) in [5.74, 6) is 2.47. The fourth-order valence-electron chi connectivity index (χ4n) is 6.24. The molecule has 2 amide bonds. The van der Waals surface area contributed by atoms with Crippen LogP contribution in [-0.2, 0) is 17.9 Å². The molecule has 3 aromatic carbocycles. The summed E-state index contributed by atoms with van der Waals surface area (Å²) in [5.41, 5.74) is 7.50. The van der Waals surface area contributed by atoms with Crippen molar-refractivity contribution in [3.05, 3.63) is 93.7 Å². The zero-order valence-corrected chi connectivity index (χ0v) is 26.3. The van der Waals surface area contributed by atoms with Crippen molar-refractivity contribution < 1.29 is 23.5 Å². The predicted octanol–water partition coefficient (Wildman–Crippen LogP) is 7.66. The lowest BCUT2D eigenvalue weighted by Gasteiger charge is -2.25. The Labute approximate surface area is 257 Å². The number of likely N-dealkylation sites (N-methyl/N-ethyl adjacent to an activating group) is 1. The number of amides is 2. The number of imide groups is 1. The molecule has 0 radical (unpaired) electrons. The fraction of sp³-hybridized carbons (Fsp3) is 0.371. The van der Waals surface area contributed by atoms with Gasteiger partial charge in [0.15, 0.2) is 0 Å². The summed E-state index contributed by atoms with van der Waals surface area (Å²) < 4.78 is 19.1. The summed E-state index contributed by atoms with van der Waals surface area (Å²) in [7, 11) is 1.53. The fourth-order valence-corrected chi connectivity index (χ4v) is 7.25. The van der Waals surface area contributed by atoms with E-state index >= 15 is 0 Å². The quantitative estimate of drug-likeness (QED) is 0.196. The maximum absolute atomic E-state index is 12.4. The van der Waals surface area contributed by atoms with Crippen molar-refractivity contribution in [1.82, 2.24) is 9.80 Å². The van der Waals surface area contributed by atoms with Gasteiger partial charge in [0.25, 0.3) is 5.24 Å². The van der Waals surface area contributed by atoms with Crippen LogP contribution in [0.15, 0.2) is 59.0 Å². The van der Waals surface area contributed by atoms with Crippen molar-refractivity contribution >= 4 is 33.9 Å². The van der Waals surface area contributed by atoms with Crippen LogP contribution in [-0.4, -0.2) is 47.2 Å². The van der Waals surface area contributed by atoms with Crippen molar-refractivity contribution in [1.29, 1.82) is 0 Å². The highest BCUT2D eigenvalue weighted by Gasteiger charge is 2.38. The van der Waals surface area contributed by atoms with Gasteiger partial charge in [0.05, 0.1) is 0 Å². The Morgan fingerprint density at radius 1 is 0.930 bits per heavy atom. The zero-order valence-electron chi connectivity index (χ0n) is 25.4. The monoisotopic (exact) mass is 598 g/mol. The van der Waals surface area contributed by atoms with Crippen LogP contribution in [0, 0.1) is 27.7 Å². The van der Waals surface area contributed by atoms with Gasteiger partial charge in [-0.3, -0.25) is 19.4 Å². The number of carbonyl (C=O) groups excluding carboxylic acids is 2. The lowest BCUT2D eigenvalue weighted by molar-refractivity contribution is -0.125. The average Bonchev–Trinajstić information content (AvgIpc) is 3.68. The van der Waals surface area contributed by atoms with E-state index in [0.29, 0.717) is 13.2 Å². The van der Waals surface area contributed by atoms with Gasteiger partial charge in [-0.1, -0.05) is 42.5 Å². The maximum atomic E-state index is 12.4. The number of carbonyl (C=O) groups is 2. The van der Waals surface area contributed by atoms with E-state index in [0.717, 1.165) is 93.7 Å². The molecule has 4 aromatic rings. The molecule has 2 atom stereocenters. The Morgan fingerprint density at radius 2 is 1.67 bits per heavy atom. The SMILES string of the molecule is Cc1oc2c(C)c(C)c(OCc3ccccc3)c(C)c2c1CN1CCC[C@H]1COc1ccc(C2SC(=O)N(C)C2=O)cc1. The Bertz CT molecular complexity index is 1660. The molecular weight excluding hydrogens is 560 g/mol. The number of rotatable bonds is 9. The molecule has 43 heavy (non-hydrogen) atoms. The molecule has 2 aliphatic heterocycles. The van der Waals surface area contributed by atoms with Crippen LogP contribution in [0.2, 0.25) is 0 Å². The van der Waals surface area contributed by atoms with Gasteiger partial charge < -0.3 is 13.9 Å². The minimum atomic E-state index is -0.481. The molecular formula is C35H38N2O5S. The Morgan fingerprint density at radius 3 is 2.37 bits per heavy atom. The Kier molecular flexibility index (Phi) is 8.25. The van der Waals surface area contributed by atoms with Crippen LogP contribution in [0.5, 0.6) is 11.5 Å². The number of fused-ring (bicyclic) bond motifs is 1. The third-order valence-corrected chi connectivity index (χ3v) is 10.1. The van der Waals surface area contributed by atoms with E-state index in [2.05, 4.69) is 44.7 Å². The predicted molar refractivity (Wildman–Crippen MR) is 170 cm³/mol. The highest BCUT2D eigenvalue weighted by Crippen LogP contribution is 2.41. The minimum absolute atomic E-state index is 0.178. The minimum Gasteiger partial charge on any atom is -0.492 e. The summed E-state index contributed by atoms with van der Waals surface area (Å²) in [6.07, 6.45) is 2.18. The van der Waals surface area contributed by atoms with Gasteiger partial charge in [0, 0.05) is 36.1 Å². The van der Waals surface area contributed by atoms with Crippen LogP contribution in [0.3, 0.4) is 0 Å². The molecule has 2 aliphatic rings. The van der Waals surface area contributed by atoms with Crippen molar-refractivity contribution in [3.8, 4) is 11.5 Å². The van der Waals surface area contributed by atoms with Gasteiger partial charge in [0.2, 0.25) is 5.91 Å². The highest BCUT2D eigenvalue weighted by molar-refractivity contribution is 8.14. The molecule has 0 aliphatic carbocycles. The number of thioether (sulfide) groups is 1. The summed E-state index contributed by atoms with van der Waals surface area (Å²) in [5, 5.41) is 0.466. The van der Waals surface area contributed by atoms with E-state index < -0.39 is 5.25 Å². The van der Waals surface area contributed by atoms with Gasteiger partial charge in [-0.25, -0.2) is 0 Å². The molecule has 3 heterocycles. The highest BCUT2D eigenvalue weighted by atomic mass is 32.2. The standard InChI is InChI=1S/C35H38N2O5S/c1-21-22(2)32-30(23(3)31(21)41-19-25-10-7-6-8-11-25)29(24(4)42-32)18-37-17-9-12-27(37)20-40-28-15-13-26(14-16-28)33-34(38)36(5)35(39)43-33/h6-8,10-11,13-16,27,33H,9,12,17-20H2,1-5H3/t27-,33?/m0/s1. The van der Waals surface area contributed by atoms with E-state index in [1.165, 1.54) is 17.5 Å². The largest absolute Gasteiger partial charge is 0.492 e. The van der Waals surface area contributed by atoms with E-state index in [4.69, 9.17) is 13.9 Å². The summed E-state index contributed by atoms with van der Waals surface area (Å²) in [4.78, 5) is 28.0. The first-order chi connectivity index (χ1) is 20.7. The van der Waals surface area contributed by atoms with E-state index in [1.54, 1.807) is 0 Å². The molecule has 7 nitrogen and oxygen atoms in total. The van der Waals surface area contributed by atoms with Crippen LogP contribution in [0.4, 0.5) is 4.79 Å². The lowest BCUT2D eigenvalue weighted by atomic mass is 9.97. The molecule has 224 valence electrons. The molecule has 1 aromatic heterocycles. The smallest absolute Gasteiger partial charge is 0.289 e.